The highest BCUT2D eigenvalue weighted by Gasteiger charge is 2.07. The molecule has 4 heteroatoms. The van der Waals surface area contributed by atoms with Crippen molar-refractivity contribution in [3.05, 3.63) is 36.0 Å². The molecule has 4 nitrogen and oxygen atoms in total. The van der Waals surface area contributed by atoms with Crippen molar-refractivity contribution < 1.29 is 4.79 Å². The predicted octanol–water partition coefficient (Wildman–Crippen LogP) is 1.81. The molecule has 1 amide bonds. The monoisotopic (exact) mass is 213 g/mol. The van der Waals surface area contributed by atoms with E-state index in [1.807, 2.05) is 30.3 Å². The SMILES string of the molecule is N#CCCNC(=O)c1cc2ccccc2[nH]1. The summed E-state index contributed by atoms with van der Waals surface area (Å²) >= 11 is 0. The third kappa shape index (κ3) is 2.04. The molecule has 2 rings (SSSR count). The smallest absolute Gasteiger partial charge is 0.267 e. The minimum Gasteiger partial charge on any atom is -0.351 e. The zero-order valence-electron chi connectivity index (χ0n) is 8.66. The van der Waals surface area contributed by atoms with Gasteiger partial charge in [-0.25, -0.2) is 0 Å². The van der Waals surface area contributed by atoms with Gasteiger partial charge in [-0.3, -0.25) is 4.79 Å². The molecular weight excluding hydrogens is 202 g/mol. The minimum absolute atomic E-state index is 0.175. The average Bonchev–Trinajstić information content (AvgIpc) is 2.73. The Morgan fingerprint density at radius 2 is 2.25 bits per heavy atom. The van der Waals surface area contributed by atoms with Gasteiger partial charge in [0.05, 0.1) is 12.5 Å². The number of H-pyrrole nitrogens is 1. The Labute approximate surface area is 92.9 Å². The molecule has 80 valence electrons. The minimum atomic E-state index is -0.175. The lowest BCUT2D eigenvalue weighted by atomic mass is 10.2. The summed E-state index contributed by atoms with van der Waals surface area (Å²) in [6.45, 7) is 0.380. The molecule has 1 aromatic carbocycles. The van der Waals surface area contributed by atoms with Crippen LogP contribution in [0.5, 0.6) is 0 Å². The number of nitriles is 1. The number of carbonyl (C=O) groups excluding carboxylic acids is 1. The van der Waals surface area contributed by atoms with Crippen LogP contribution in [-0.2, 0) is 0 Å². The summed E-state index contributed by atoms with van der Waals surface area (Å²) in [5, 5.41) is 12.0. The molecule has 0 saturated heterocycles. The molecule has 0 saturated carbocycles. The normalized spacial score (nSPS) is 9.94. The van der Waals surface area contributed by atoms with E-state index in [9.17, 15) is 4.79 Å². The number of fused-ring (bicyclic) bond motifs is 1. The van der Waals surface area contributed by atoms with Gasteiger partial charge in [0, 0.05) is 17.4 Å². The first-order valence-electron chi connectivity index (χ1n) is 5.04. The molecule has 0 bridgehead atoms. The Morgan fingerprint density at radius 1 is 1.44 bits per heavy atom. The molecule has 0 atom stereocenters. The summed E-state index contributed by atoms with van der Waals surface area (Å²) in [7, 11) is 0. The molecule has 0 aliphatic carbocycles. The summed E-state index contributed by atoms with van der Waals surface area (Å²) < 4.78 is 0. The molecule has 0 unspecified atom stereocenters. The van der Waals surface area contributed by atoms with Crippen LogP contribution in [0.1, 0.15) is 16.9 Å². The number of hydrogen-bond donors (Lipinski definition) is 2. The van der Waals surface area contributed by atoms with E-state index in [4.69, 9.17) is 5.26 Å². The number of hydrogen-bond acceptors (Lipinski definition) is 2. The van der Waals surface area contributed by atoms with E-state index < -0.39 is 0 Å². The second-order valence-corrected chi connectivity index (χ2v) is 3.43. The van der Waals surface area contributed by atoms with E-state index in [-0.39, 0.29) is 5.91 Å². The van der Waals surface area contributed by atoms with Gasteiger partial charge in [0.1, 0.15) is 5.69 Å². The molecule has 16 heavy (non-hydrogen) atoms. The van der Waals surface area contributed by atoms with E-state index >= 15 is 0 Å². The molecule has 0 aliphatic rings. The highest BCUT2D eigenvalue weighted by molar-refractivity contribution is 5.97. The van der Waals surface area contributed by atoms with Crippen molar-refractivity contribution in [3.8, 4) is 6.07 Å². The van der Waals surface area contributed by atoms with Crippen molar-refractivity contribution in [1.29, 1.82) is 5.26 Å². The second-order valence-electron chi connectivity index (χ2n) is 3.43. The van der Waals surface area contributed by atoms with E-state index in [0.29, 0.717) is 18.7 Å². The maximum absolute atomic E-state index is 11.6. The summed E-state index contributed by atoms with van der Waals surface area (Å²) in [6, 6.07) is 11.5. The van der Waals surface area contributed by atoms with Crippen LogP contribution in [0.15, 0.2) is 30.3 Å². The first kappa shape index (κ1) is 10.2. The first-order valence-corrected chi connectivity index (χ1v) is 5.04. The van der Waals surface area contributed by atoms with Crippen molar-refractivity contribution in [2.45, 2.75) is 6.42 Å². The molecule has 2 aromatic rings. The molecule has 0 aliphatic heterocycles. The van der Waals surface area contributed by atoms with Gasteiger partial charge >= 0.3 is 0 Å². The average molecular weight is 213 g/mol. The lowest BCUT2D eigenvalue weighted by molar-refractivity contribution is 0.0950. The topological polar surface area (TPSA) is 68.7 Å². The molecule has 2 N–H and O–H groups in total. The summed E-state index contributed by atoms with van der Waals surface area (Å²) in [5.74, 6) is -0.175. The Morgan fingerprint density at radius 3 is 3.00 bits per heavy atom. The van der Waals surface area contributed by atoms with Crippen molar-refractivity contribution in [1.82, 2.24) is 10.3 Å². The van der Waals surface area contributed by atoms with Crippen molar-refractivity contribution >= 4 is 16.8 Å². The van der Waals surface area contributed by atoms with E-state index in [1.54, 1.807) is 6.07 Å². The summed E-state index contributed by atoms with van der Waals surface area (Å²) in [6.07, 6.45) is 0.325. The van der Waals surface area contributed by atoms with Crippen LogP contribution >= 0.6 is 0 Å². The van der Waals surface area contributed by atoms with Crippen LogP contribution in [0.4, 0.5) is 0 Å². The lowest BCUT2D eigenvalue weighted by Gasteiger charge is -1.98. The van der Waals surface area contributed by atoms with E-state index in [2.05, 4.69) is 10.3 Å². The zero-order valence-corrected chi connectivity index (χ0v) is 8.66. The summed E-state index contributed by atoms with van der Waals surface area (Å²) in [4.78, 5) is 14.7. The first-order chi connectivity index (χ1) is 7.81. The van der Waals surface area contributed by atoms with Gasteiger partial charge in [0.25, 0.3) is 5.91 Å². The van der Waals surface area contributed by atoms with Gasteiger partial charge in [-0.05, 0) is 12.1 Å². The number of aromatic amines is 1. The highest BCUT2D eigenvalue weighted by Crippen LogP contribution is 2.14. The van der Waals surface area contributed by atoms with Gasteiger partial charge in [-0.2, -0.15) is 5.26 Å². The quantitative estimate of drug-likeness (QED) is 0.763. The highest BCUT2D eigenvalue weighted by atomic mass is 16.1. The molecule has 0 spiro atoms. The number of amides is 1. The lowest BCUT2D eigenvalue weighted by Crippen LogP contribution is -2.24. The van der Waals surface area contributed by atoms with Crippen LogP contribution in [0.3, 0.4) is 0 Å². The standard InChI is InChI=1S/C12H11N3O/c13-6-3-7-14-12(16)11-8-9-4-1-2-5-10(9)15-11/h1-2,4-5,8,15H,3,7H2,(H,14,16). The fraction of sp³-hybridized carbons (Fsp3) is 0.167. The van der Waals surface area contributed by atoms with Crippen molar-refractivity contribution in [3.63, 3.8) is 0 Å². The van der Waals surface area contributed by atoms with Crippen LogP contribution in [0.2, 0.25) is 0 Å². The van der Waals surface area contributed by atoms with Crippen molar-refractivity contribution in [2.75, 3.05) is 6.54 Å². The Kier molecular flexibility index (Phi) is 2.88. The third-order valence-electron chi connectivity index (χ3n) is 2.30. The number of nitrogens with one attached hydrogen (secondary N) is 2. The van der Waals surface area contributed by atoms with Gasteiger partial charge < -0.3 is 10.3 Å². The van der Waals surface area contributed by atoms with Crippen molar-refractivity contribution in [2.24, 2.45) is 0 Å². The second kappa shape index (κ2) is 4.49. The van der Waals surface area contributed by atoms with E-state index in [0.717, 1.165) is 10.9 Å². The van der Waals surface area contributed by atoms with Gasteiger partial charge in [-0.1, -0.05) is 18.2 Å². The number of nitrogens with zero attached hydrogens (tertiary/aromatic N) is 1. The molecule has 0 fully saturated rings. The Bertz CT molecular complexity index is 518. The third-order valence-corrected chi connectivity index (χ3v) is 2.30. The van der Waals surface area contributed by atoms with Gasteiger partial charge in [-0.15, -0.1) is 0 Å². The van der Waals surface area contributed by atoms with Gasteiger partial charge in [0.15, 0.2) is 0 Å². The summed E-state index contributed by atoms with van der Waals surface area (Å²) in [5.41, 5.74) is 1.46. The number of aromatic nitrogens is 1. The molecule has 0 radical (unpaired) electrons. The fourth-order valence-electron chi connectivity index (χ4n) is 1.52. The molecule has 1 aromatic heterocycles. The number of rotatable bonds is 3. The number of carbonyl (C=O) groups is 1. The number of para-hydroxylation sites is 1. The maximum atomic E-state index is 11.6. The van der Waals surface area contributed by atoms with Crippen LogP contribution < -0.4 is 5.32 Å². The zero-order chi connectivity index (χ0) is 11.4. The fourth-order valence-corrected chi connectivity index (χ4v) is 1.52. The molecule has 1 heterocycles. The number of benzene rings is 1. The van der Waals surface area contributed by atoms with E-state index in [1.165, 1.54) is 0 Å². The van der Waals surface area contributed by atoms with Crippen LogP contribution in [-0.4, -0.2) is 17.4 Å². The Hall–Kier alpha value is -2.28. The predicted molar refractivity (Wildman–Crippen MR) is 60.9 cm³/mol. The van der Waals surface area contributed by atoms with Crippen LogP contribution in [0, 0.1) is 11.3 Å². The largest absolute Gasteiger partial charge is 0.351 e. The maximum Gasteiger partial charge on any atom is 0.267 e. The molecular formula is C12H11N3O. The van der Waals surface area contributed by atoms with Crippen LogP contribution in [0.25, 0.3) is 10.9 Å². The Balaban J connectivity index is 2.14. The van der Waals surface area contributed by atoms with Gasteiger partial charge in [0.2, 0.25) is 0 Å².